The molecule has 1 fully saturated rings. The van der Waals surface area contributed by atoms with Crippen LogP contribution in [0.25, 0.3) is 0 Å². The monoisotopic (exact) mass is 329 g/mol. The van der Waals surface area contributed by atoms with Crippen LogP contribution in [-0.4, -0.2) is 36.2 Å². The van der Waals surface area contributed by atoms with Gasteiger partial charge in [0.25, 0.3) is 0 Å². The molecule has 0 aliphatic heterocycles. The Morgan fingerprint density at radius 1 is 1.48 bits per heavy atom. The molecule has 0 radical (unpaired) electrons. The lowest BCUT2D eigenvalue weighted by Gasteiger charge is -2.24. The quantitative estimate of drug-likeness (QED) is 0.352. The molecular weight excluding hydrogens is 311 g/mol. The highest BCUT2D eigenvalue weighted by molar-refractivity contribution is 6.25. The molecule has 2 rings (SSSR count). The molecule has 0 amide bonds. The zero-order valence-corrected chi connectivity index (χ0v) is 12.9. The lowest BCUT2D eigenvalue weighted by molar-refractivity contribution is -0.139. The van der Waals surface area contributed by atoms with Crippen molar-refractivity contribution in [2.75, 3.05) is 6.61 Å². The normalized spacial score (nSPS) is 27.9. The smallest absolute Gasteiger partial charge is 0.343 e. The highest BCUT2D eigenvalue weighted by Crippen LogP contribution is 2.33. The number of halogens is 3. The van der Waals surface area contributed by atoms with Gasteiger partial charge in [-0.25, -0.2) is 18.0 Å². The number of hydrogen-bond acceptors (Lipinski definition) is 4. The topological polar surface area (TPSA) is 55.4 Å². The number of Topliss-reactive ketones (excluding diaryl/α,β-unsaturated/α-hetero) is 1. The van der Waals surface area contributed by atoms with Gasteiger partial charge in [-0.3, -0.25) is 4.79 Å². The molecule has 2 aliphatic rings. The SMILES string of the molecule is CCOC(=O)C(=CNC1CC1)C(=O)C1=CC(C)(F)C(F)C=C1F. The number of carbonyl (C=O) groups is 2. The molecule has 7 heteroatoms. The Hall–Kier alpha value is -2.05. The average molecular weight is 329 g/mol. The lowest BCUT2D eigenvalue weighted by atomic mass is 9.89. The Kier molecular flexibility index (Phi) is 4.97. The van der Waals surface area contributed by atoms with Gasteiger partial charge in [0, 0.05) is 12.2 Å². The zero-order valence-electron chi connectivity index (χ0n) is 12.9. The van der Waals surface area contributed by atoms with Crippen molar-refractivity contribution >= 4 is 11.8 Å². The van der Waals surface area contributed by atoms with Crippen molar-refractivity contribution in [1.29, 1.82) is 0 Å². The van der Waals surface area contributed by atoms with Crippen LogP contribution in [0.15, 0.2) is 35.3 Å². The number of ether oxygens (including phenoxy) is 1. The van der Waals surface area contributed by atoms with E-state index < -0.39 is 40.6 Å². The lowest BCUT2D eigenvalue weighted by Crippen LogP contribution is -2.33. The van der Waals surface area contributed by atoms with Crippen molar-refractivity contribution in [3.63, 3.8) is 0 Å². The molecule has 0 aromatic heterocycles. The summed E-state index contributed by atoms with van der Waals surface area (Å²) in [4.78, 5) is 24.3. The Morgan fingerprint density at radius 2 is 2.13 bits per heavy atom. The van der Waals surface area contributed by atoms with E-state index in [1.54, 1.807) is 6.92 Å². The molecule has 0 aromatic carbocycles. The second kappa shape index (κ2) is 6.60. The van der Waals surface area contributed by atoms with Crippen molar-refractivity contribution < 1.29 is 27.5 Å². The van der Waals surface area contributed by atoms with Crippen molar-refractivity contribution in [3.05, 3.63) is 35.3 Å². The van der Waals surface area contributed by atoms with E-state index in [0.29, 0.717) is 12.2 Å². The molecule has 1 N–H and O–H groups in total. The number of ketones is 1. The number of carbonyl (C=O) groups excluding carboxylic acids is 2. The minimum atomic E-state index is -2.52. The van der Waals surface area contributed by atoms with Crippen molar-refractivity contribution in [2.24, 2.45) is 0 Å². The number of rotatable bonds is 6. The van der Waals surface area contributed by atoms with Gasteiger partial charge in [0.1, 0.15) is 11.4 Å². The number of hydrogen-bond donors (Lipinski definition) is 1. The summed E-state index contributed by atoms with van der Waals surface area (Å²) in [5.74, 6) is -3.18. The molecule has 1 saturated carbocycles. The molecule has 0 aromatic rings. The minimum absolute atomic E-state index is 0.0254. The van der Waals surface area contributed by atoms with Crippen molar-refractivity contribution in [1.82, 2.24) is 5.32 Å². The first-order valence-corrected chi connectivity index (χ1v) is 7.37. The summed E-state index contributed by atoms with van der Waals surface area (Å²) >= 11 is 0. The van der Waals surface area contributed by atoms with Crippen LogP contribution in [0.2, 0.25) is 0 Å². The minimum Gasteiger partial charge on any atom is -0.462 e. The highest BCUT2D eigenvalue weighted by atomic mass is 19.2. The van der Waals surface area contributed by atoms with E-state index in [2.05, 4.69) is 5.32 Å². The van der Waals surface area contributed by atoms with E-state index in [1.807, 2.05) is 0 Å². The molecule has 0 spiro atoms. The van der Waals surface area contributed by atoms with E-state index in [1.165, 1.54) is 0 Å². The fraction of sp³-hybridized carbons (Fsp3) is 0.500. The van der Waals surface area contributed by atoms with E-state index in [4.69, 9.17) is 4.74 Å². The van der Waals surface area contributed by atoms with Crippen LogP contribution in [0.4, 0.5) is 13.2 Å². The third kappa shape index (κ3) is 4.03. The second-order valence-corrected chi connectivity index (χ2v) is 5.67. The van der Waals surface area contributed by atoms with Gasteiger partial charge in [-0.2, -0.15) is 0 Å². The number of nitrogens with one attached hydrogen (secondary N) is 1. The summed E-state index contributed by atoms with van der Waals surface area (Å²) in [6.45, 7) is 2.47. The molecule has 23 heavy (non-hydrogen) atoms. The molecule has 0 bridgehead atoms. The summed E-state index contributed by atoms with van der Waals surface area (Å²) in [7, 11) is 0. The van der Waals surface area contributed by atoms with Crippen LogP contribution in [0.5, 0.6) is 0 Å². The predicted octanol–water partition coefficient (Wildman–Crippen LogP) is 2.61. The van der Waals surface area contributed by atoms with E-state index in [0.717, 1.165) is 26.0 Å². The average Bonchev–Trinajstić information content (AvgIpc) is 3.27. The zero-order chi connectivity index (χ0) is 17.2. The van der Waals surface area contributed by atoms with Gasteiger partial charge in [0.15, 0.2) is 11.8 Å². The first kappa shape index (κ1) is 17.3. The largest absolute Gasteiger partial charge is 0.462 e. The maximum atomic E-state index is 14.0. The number of allylic oxidation sites excluding steroid dienone is 4. The summed E-state index contributed by atoms with van der Waals surface area (Å²) in [6.07, 6.45) is 1.71. The van der Waals surface area contributed by atoms with Crippen molar-refractivity contribution in [3.8, 4) is 0 Å². The summed E-state index contributed by atoms with van der Waals surface area (Å²) in [5, 5.41) is 2.84. The first-order chi connectivity index (χ1) is 10.8. The van der Waals surface area contributed by atoms with E-state index in [9.17, 15) is 22.8 Å². The molecular formula is C16H18F3NO3. The van der Waals surface area contributed by atoms with Gasteiger partial charge in [-0.15, -0.1) is 0 Å². The summed E-state index contributed by atoms with van der Waals surface area (Å²) in [5.41, 5.74) is -3.65. The first-order valence-electron chi connectivity index (χ1n) is 7.37. The summed E-state index contributed by atoms with van der Waals surface area (Å²) in [6, 6.07) is 0.148. The summed E-state index contributed by atoms with van der Waals surface area (Å²) < 4.78 is 46.1. The van der Waals surface area contributed by atoms with E-state index in [-0.39, 0.29) is 12.6 Å². The molecule has 2 unspecified atom stereocenters. The Balaban J connectivity index is 2.30. The predicted molar refractivity (Wildman–Crippen MR) is 77.6 cm³/mol. The molecule has 4 nitrogen and oxygen atoms in total. The van der Waals surface area contributed by atoms with Gasteiger partial charge >= 0.3 is 5.97 Å². The van der Waals surface area contributed by atoms with Crippen LogP contribution in [0, 0.1) is 0 Å². The van der Waals surface area contributed by atoms with Crippen LogP contribution in [-0.2, 0) is 14.3 Å². The third-order valence-electron chi connectivity index (χ3n) is 3.54. The Morgan fingerprint density at radius 3 is 2.70 bits per heavy atom. The second-order valence-electron chi connectivity index (χ2n) is 5.67. The van der Waals surface area contributed by atoms with E-state index >= 15 is 0 Å². The van der Waals surface area contributed by atoms with Crippen molar-refractivity contribution in [2.45, 2.75) is 44.6 Å². The maximum absolute atomic E-state index is 14.0. The Bertz CT molecular complexity index is 604. The van der Waals surface area contributed by atoms with Gasteiger partial charge in [-0.05, 0) is 38.8 Å². The molecule has 0 saturated heterocycles. The van der Waals surface area contributed by atoms with Gasteiger partial charge in [-0.1, -0.05) is 0 Å². The molecule has 0 heterocycles. The molecule has 126 valence electrons. The Labute approximate surface area is 132 Å². The van der Waals surface area contributed by atoms with Crippen LogP contribution in [0.1, 0.15) is 26.7 Å². The fourth-order valence-electron chi connectivity index (χ4n) is 2.01. The highest BCUT2D eigenvalue weighted by Gasteiger charge is 2.39. The number of alkyl halides is 2. The van der Waals surface area contributed by atoms with Crippen LogP contribution in [0.3, 0.4) is 0 Å². The van der Waals surface area contributed by atoms with Crippen LogP contribution >= 0.6 is 0 Å². The third-order valence-corrected chi connectivity index (χ3v) is 3.54. The maximum Gasteiger partial charge on any atom is 0.343 e. The molecule has 2 atom stereocenters. The fourth-order valence-corrected chi connectivity index (χ4v) is 2.01. The van der Waals surface area contributed by atoms with Gasteiger partial charge in [0.05, 0.1) is 12.2 Å². The molecule has 2 aliphatic carbocycles. The van der Waals surface area contributed by atoms with Gasteiger partial charge in [0.2, 0.25) is 5.78 Å². The number of esters is 1. The van der Waals surface area contributed by atoms with Gasteiger partial charge < -0.3 is 10.1 Å². The van der Waals surface area contributed by atoms with Crippen LogP contribution < -0.4 is 5.32 Å². The standard InChI is InChI=1S/C16H18F3NO3/c1-3-23-15(22)11(8-20-9-4-5-9)14(21)10-7-16(2,19)13(18)6-12(10)17/h6-9,13,20H,3-5H2,1-2H3.